The van der Waals surface area contributed by atoms with Crippen LogP contribution in [0.3, 0.4) is 0 Å². The maximum atomic E-state index is 12.9. The summed E-state index contributed by atoms with van der Waals surface area (Å²) in [5.41, 5.74) is 9.26. The van der Waals surface area contributed by atoms with Gasteiger partial charge in [-0.3, -0.25) is 0 Å². The molecule has 2 N–H and O–H groups in total. The Labute approximate surface area is 267 Å². The Balaban J connectivity index is 1.37. The van der Waals surface area contributed by atoms with E-state index in [0.29, 0.717) is 59.0 Å². The van der Waals surface area contributed by atoms with Crippen LogP contribution in [0.15, 0.2) is 96.4 Å². The van der Waals surface area contributed by atoms with Crippen molar-refractivity contribution in [3.05, 3.63) is 124 Å². The molecule has 0 aliphatic carbocycles. The highest BCUT2D eigenvalue weighted by Crippen LogP contribution is 2.45. The van der Waals surface area contributed by atoms with Gasteiger partial charge in [0.05, 0.1) is 24.7 Å². The normalized spacial score (nSPS) is 13.7. The zero-order chi connectivity index (χ0) is 31.8. The number of ether oxygens (including phenoxy) is 5. The molecule has 1 heterocycles. The van der Waals surface area contributed by atoms with Crippen LogP contribution in [0, 0.1) is 11.3 Å². The lowest BCUT2D eigenvalue weighted by molar-refractivity contribution is 0.0734. The number of nitrogens with two attached hydrogens (primary N) is 1. The number of rotatable bonds is 12. The summed E-state index contributed by atoms with van der Waals surface area (Å²) >= 11 is 6.00. The Hall–Kier alpha value is -5.13. The molecule has 0 radical (unpaired) electrons. The first-order valence-corrected chi connectivity index (χ1v) is 15.1. The number of fused-ring (bicyclic) bond motifs is 1. The minimum absolute atomic E-state index is 0.0295. The standard InChI is InChI=1S/C36H33ClN2O6/c1-3-5-18-42-27-13-8-24(9-14-27)36(40)44-28-15-16-29-32(20-28)45-35(39)30(21-38)34(29)25-10-17-31(33(19-25)41-4-2)43-22-23-6-11-26(37)12-7-23/h6-17,19-20,34H,3-5,18,22,39H2,1-2H3. The quantitative estimate of drug-likeness (QED) is 0.0960. The Morgan fingerprint density at radius 3 is 2.38 bits per heavy atom. The number of nitriles is 1. The van der Waals surface area contributed by atoms with Gasteiger partial charge in [-0.1, -0.05) is 49.2 Å². The van der Waals surface area contributed by atoms with Gasteiger partial charge in [0, 0.05) is 16.7 Å². The molecule has 1 aliphatic rings. The highest BCUT2D eigenvalue weighted by Gasteiger charge is 2.32. The topological polar surface area (TPSA) is 113 Å². The highest BCUT2D eigenvalue weighted by atomic mass is 35.5. The molecule has 0 spiro atoms. The second kappa shape index (κ2) is 14.6. The van der Waals surface area contributed by atoms with Crippen LogP contribution in [0.5, 0.6) is 28.7 Å². The van der Waals surface area contributed by atoms with Gasteiger partial charge in [-0.05, 0) is 79.1 Å². The number of hydrogen-bond donors (Lipinski definition) is 1. The van der Waals surface area contributed by atoms with Gasteiger partial charge in [0.15, 0.2) is 11.5 Å². The minimum atomic E-state index is -0.548. The minimum Gasteiger partial charge on any atom is -0.494 e. The lowest BCUT2D eigenvalue weighted by atomic mass is 9.83. The number of hydrogen-bond acceptors (Lipinski definition) is 8. The number of carbonyl (C=O) groups is 1. The predicted octanol–water partition coefficient (Wildman–Crippen LogP) is 7.93. The van der Waals surface area contributed by atoms with Gasteiger partial charge in [0.1, 0.15) is 35.5 Å². The van der Waals surface area contributed by atoms with Crippen molar-refractivity contribution >= 4 is 17.6 Å². The Kier molecular flexibility index (Phi) is 10.1. The molecule has 45 heavy (non-hydrogen) atoms. The number of carbonyl (C=O) groups excluding carboxylic acids is 1. The summed E-state index contributed by atoms with van der Waals surface area (Å²) < 4.78 is 29.1. The lowest BCUT2D eigenvalue weighted by Gasteiger charge is -2.27. The van der Waals surface area contributed by atoms with Crippen LogP contribution in [0.25, 0.3) is 0 Å². The Morgan fingerprint density at radius 2 is 1.67 bits per heavy atom. The third-order valence-corrected chi connectivity index (χ3v) is 7.42. The van der Waals surface area contributed by atoms with Gasteiger partial charge >= 0.3 is 5.97 Å². The van der Waals surface area contributed by atoms with Crippen molar-refractivity contribution in [2.24, 2.45) is 5.73 Å². The summed E-state index contributed by atoms with van der Waals surface area (Å²) in [7, 11) is 0. The van der Waals surface area contributed by atoms with E-state index in [4.69, 9.17) is 41.0 Å². The van der Waals surface area contributed by atoms with Crippen molar-refractivity contribution in [2.75, 3.05) is 13.2 Å². The molecule has 0 saturated carbocycles. The zero-order valence-corrected chi connectivity index (χ0v) is 25.8. The molecule has 8 nitrogen and oxygen atoms in total. The van der Waals surface area contributed by atoms with Crippen molar-refractivity contribution < 1.29 is 28.5 Å². The number of esters is 1. The van der Waals surface area contributed by atoms with Crippen LogP contribution >= 0.6 is 11.6 Å². The fourth-order valence-electron chi connectivity index (χ4n) is 4.86. The molecule has 4 aromatic rings. The van der Waals surface area contributed by atoms with Crippen molar-refractivity contribution in [1.29, 1.82) is 5.26 Å². The third-order valence-electron chi connectivity index (χ3n) is 7.17. The fourth-order valence-corrected chi connectivity index (χ4v) is 4.99. The summed E-state index contributed by atoms with van der Waals surface area (Å²) in [5, 5.41) is 10.7. The first-order valence-electron chi connectivity index (χ1n) is 14.7. The number of allylic oxidation sites excluding steroid dienone is 1. The lowest BCUT2D eigenvalue weighted by Crippen LogP contribution is -2.21. The van der Waals surface area contributed by atoms with Crippen LogP contribution in [0.4, 0.5) is 0 Å². The second-order valence-corrected chi connectivity index (χ2v) is 10.7. The van der Waals surface area contributed by atoms with E-state index in [-0.39, 0.29) is 17.2 Å². The molecule has 0 fully saturated rings. The van der Waals surface area contributed by atoms with E-state index >= 15 is 0 Å². The molecule has 1 aliphatic heterocycles. The average molecular weight is 625 g/mol. The SMILES string of the molecule is CCCCOc1ccc(C(=O)Oc2ccc3c(c2)OC(N)=C(C#N)C3c2ccc(OCc3ccc(Cl)cc3)c(OCC)c2)cc1. The molecular weight excluding hydrogens is 592 g/mol. The molecular formula is C36H33ClN2O6. The summed E-state index contributed by atoms with van der Waals surface area (Å²) in [5.74, 6) is 1.32. The van der Waals surface area contributed by atoms with Gasteiger partial charge in [-0.25, -0.2) is 4.79 Å². The number of halogens is 1. The van der Waals surface area contributed by atoms with Crippen molar-refractivity contribution in [3.63, 3.8) is 0 Å². The number of benzene rings is 4. The van der Waals surface area contributed by atoms with E-state index in [1.54, 1.807) is 42.5 Å². The van der Waals surface area contributed by atoms with Crippen LogP contribution in [0.2, 0.25) is 5.02 Å². The smallest absolute Gasteiger partial charge is 0.343 e. The molecule has 230 valence electrons. The Bertz CT molecular complexity index is 1730. The first kappa shape index (κ1) is 31.3. The molecule has 1 unspecified atom stereocenters. The summed E-state index contributed by atoms with van der Waals surface area (Å²) in [6.07, 6.45) is 2.00. The molecule has 0 aromatic heterocycles. The van der Waals surface area contributed by atoms with E-state index in [0.717, 1.165) is 24.0 Å². The van der Waals surface area contributed by atoms with Crippen molar-refractivity contribution in [2.45, 2.75) is 39.2 Å². The molecule has 1 atom stereocenters. The summed E-state index contributed by atoms with van der Waals surface area (Å²) in [6.45, 7) is 5.34. The average Bonchev–Trinajstić information content (AvgIpc) is 3.05. The summed E-state index contributed by atoms with van der Waals surface area (Å²) in [6, 6.07) is 27.0. The van der Waals surface area contributed by atoms with Gasteiger partial charge in [0.25, 0.3) is 0 Å². The van der Waals surface area contributed by atoms with Gasteiger partial charge in [-0.2, -0.15) is 5.26 Å². The Morgan fingerprint density at radius 1 is 0.911 bits per heavy atom. The van der Waals surface area contributed by atoms with E-state index in [1.807, 2.05) is 49.4 Å². The maximum absolute atomic E-state index is 12.9. The molecule has 0 bridgehead atoms. The largest absolute Gasteiger partial charge is 0.494 e. The highest BCUT2D eigenvalue weighted by molar-refractivity contribution is 6.30. The van der Waals surface area contributed by atoms with Gasteiger partial charge in [-0.15, -0.1) is 0 Å². The van der Waals surface area contributed by atoms with Crippen LogP contribution < -0.4 is 29.4 Å². The third kappa shape index (κ3) is 7.51. The molecule has 0 saturated heterocycles. The zero-order valence-electron chi connectivity index (χ0n) is 25.0. The molecule has 5 rings (SSSR count). The van der Waals surface area contributed by atoms with Crippen molar-refractivity contribution in [3.8, 4) is 34.8 Å². The predicted molar refractivity (Wildman–Crippen MR) is 171 cm³/mol. The fraction of sp³-hybridized carbons (Fsp3) is 0.222. The summed E-state index contributed by atoms with van der Waals surface area (Å²) in [4.78, 5) is 12.9. The van der Waals surface area contributed by atoms with Gasteiger partial charge < -0.3 is 29.4 Å². The second-order valence-electron chi connectivity index (χ2n) is 10.3. The van der Waals surface area contributed by atoms with Crippen LogP contribution in [0.1, 0.15) is 59.7 Å². The van der Waals surface area contributed by atoms with Crippen LogP contribution in [-0.4, -0.2) is 19.2 Å². The number of nitrogens with zero attached hydrogens (tertiary/aromatic N) is 1. The van der Waals surface area contributed by atoms with E-state index in [9.17, 15) is 10.1 Å². The molecule has 9 heteroatoms. The number of unbranched alkanes of at least 4 members (excludes halogenated alkanes) is 1. The first-order chi connectivity index (χ1) is 21.9. The van der Waals surface area contributed by atoms with Crippen LogP contribution in [-0.2, 0) is 6.61 Å². The molecule has 0 amide bonds. The van der Waals surface area contributed by atoms with Gasteiger partial charge in [0.2, 0.25) is 5.88 Å². The van der Waals surface area contributed by atoms with E-state index in [1.165, 1.54) is 0 Å². The maximum Gasteiger partial charge on any atom is 0.343 e. The van der Waals surface area contributed by atoms with E-state index < -0.39 is 11.9 Å². The van der Waals surface area contributed by atoms with E-state index in [2.05, 4.69) is 13.0 Å². The van der Waals surface area contributed by atoms with Crippen molar-refractivity contribution in [1.82, 2.24) is 0 Å². The monoisotopic (exact) mass is 624 g/mol. The molecule has 4 aromatic carbocycles.